The van der Waals surface area contributed by atoms with Crippen molar-refractivity contribution in [2.75, 3.05) is 10.6 Å². The Morgan fingerprint density at radius 3 is 2.45 bits per heavy atom. The van der Waals surface area contributed by atoms with E-state index in [9.17, 15) is 18.4 Å². The number of carbonyl (C=O) groups is 2. The molecular weight excluding hydrogens is 430 g/mol. The molecule has 2 aromatic carbocycles. The van der Waals surface area contributed by atoms with E-state index in [0.29, 0.717) is 5.75 Å². The summed E-state index contributed by atoms with van der Waals surface area (Å²) < 4.78 is 35.0. The van der Waals surface area contributed by atoms with Gasteiger partial charge in [0.05, 0.1) is 17.1 Å². The molecule has 4 rings (SSSR count). The number of halogens is 2. The number of imidazole rings is 1. The predicted molar refractivity (Wildman–Crippen MR) is 119 cm³/mol. The van der Waals surface area contributed by atoms with Crippen molar-refractivity contribution in [1.82, 2.24) is 9.38 Å². The van der Waals surface area contributed by atoms with Crippen molar-refractivity contribution in [3.63, 3.8) is 0 Å². The topological polar surface area (TPSA) is 84.7 Å². The Kier molecular flexibility index (Phi) is 6.03. The van der Waals surface area contributed by atoms with Crippen LogP contribution < -0.4 is 15.4 Å². The number of anilines is 2. The first-order valence-electron chi connectivity index (χ1n) is 10.0. The molecule has 7 nitrogen and oxygen atoms in total. The standard InChI is InChI=1S/C24H20F2N4O3/c1-14-6-7-23-28-17(12-30(23)11-14)13-33-18-5-3-4-16(8-18)24(32)29-22-10-20(26)19(25)9-21(22)27-15(2)31/h3-12H,13H2,1-2H3,(H,27,31)(H,29,32). The van der Waals surface area contributed by atoms with Crippen LogP contribution in [0.5, 0.6) is 5.75 Å². The number of benzene rings is 2. The quantitative estimate of drug-likeness (QED) is 0.446. The lowest BCUT2D eigenvalue weighted by Crippen LogP contribution is -2.16. The Morgan fingerprint density at radius 2 is 1.73 bits per heavy atom. The van der Waals surface area contributed by atoms with Gasteiger partial charge in [-0.05, 0) is 36.8 Å². The summed E-state index contributed by atoms with van der Waals surface area (Å²) in [6.45, 7) is 3.41. The van der Waals surface area contributed by atoms with E-state index in [1.54, 1.807) is 18.2 Å². The number of fused-ring (bicyclic) bond motifs is 1. The number of hydrogen-bond acceptors (Lipinski definition) is 4. The lowest BCUT2D eigenvalue weighted by atomic mass is 10.2. The van der Waals surface area contributed by atoms with Crippen LogP contribution in [0.3, 0.4) is 0 Å². The van der Waals surface area contributed by atoms with Gasteiger partial charge in [0.15, 0.2) is 11.6 Å². The highest BCUT2D eigenvalue weighted by molar-refractivity contribution is 6.07. The molecular formula is C24H20F2N4O3. The Bertz CT molecular complexity index is 1370. The normalized spacial score (nSPS) is 10.8. The highest BCUT2D eigenvalue weighted by Gasteiger charge is 2.15. The minimum absolute atomic E-state index is 0.0516. The maximum absolute atomic E-state index is 13.7. The molecule has 0 saturated carbocycles. The lowest BCUT2D eigenvalue weighted by molar-refractivity contribution is -0.114. The van der Waals surface area contributed by atoms with Crippen molar-refractivity contribution in [2.24, 2.45) is 0 Å². The zero-order valence-electron chi connectivity index (χ0n) is 17.9. The average molecular weight is 450 g/mol. The van der Waals surface area contributed by atoms with Gasteiger partial charge in [-0.1, -0.05) is 12.1 Å². The molecule has 0 aliphatic heterocycles. The molecule has 0 spiro atoms. The van der Waals surface area contributed by atoms with Crippen LogP contribution in [-0.4, -0.2) is 21.2 Å². The van der Waals surface area contributed by atoms with Crippen LogP contribution in [-0.2, 0) is 11.4 Å². The van der Waals surface area contributed by atoms with E-state index >= 15 is 0 Å². The summed E-state index contributed by atoms with van der Waals surface area (Å²) in [6, 6.07) is 11.9. The lowest BCUT2D eigenvalue weighted by Gasteiger charge is -2.13. The van der Waals surface area contributed by atoms with Gasteiger partial charge in [-0.3, -0.25) is 9.59 Å². The minimum atomic E-state index is -1.15. The van der Waals surface area contributed by atoms with E-state index in [1.807, 2.05) is 35.9 Å². The van der Waals surface area contributed by atoms with Gasteiger partial charge in [-0.25, -0.2) is 13.8 Å². The van der Waals surface area contributed by atoms with Crippen LogP contribution in [0, 0.1) is 18.6 Å². The Balaban J connectivity index is 1.48. The Labute approximate surface area is 188 Å². The van der Waals surface area contributed by atoms with Crippen molar-refractivity contribution in [1.29, 1.82) is 0 Å². The number of rotatable bonds is 6. The van der Waals surface area contributed by atoms with Gasteiger partial charge in [-0.2, -0.15) is 0 Å². The second-order valence-corrected chi connectivity index (χ2v) is 7.47. The molecule has 0 radical (unpaired) electrons. The number of aryl methyl sites for hydroxylation is 1. The number of ether oxygens (including phenoxy) is 1. The molecule has 0 saturated heterocycles. The molecule has 33 heavy (non-hydrogen) atoms. The van der Waals surface area contributed by atoms with Gasteiger partial charge in [0.1, 0.15) is 18.0 Å². The zero-order chi connectivity index (χ0) is 23.5. The molecule has 168 valence electrons. The van der Waals surface area contributed by atoms with Crippen molar-refractivity contribution in [3.8, 4) is 5.75 Å². The first-order chi connectivity index (χ1) is 15.8. The summed E-state index contributed by atoms with van der Waals surface area (Å²) in [5.41, 5.74) is 2.74. The summed E-state index contributed by atoms with van der Waals surface area (Å²) in [5.74, 6) is -2.94. The molecule has 2 aromatic heterocycles. The largest absolute Gasteiger partial charge is 0.487 e. The van der Waals surface area contributed by atoms with E-state index in [2.05, 4.69) is 15.6 Å². The monoisotopic (exact) mass is 450 g/mol. The van der Waals surface area contributed by atoms with Crippen molar-refractivity contribution in [3.05, 3.63) is 89.4 Å². The molecule has 2 heterocycles. The summed E-state index contributed by atoms with van der Waals surface area (Å²) in [7, 11) is 0. The van der Waals surface area contributed by atoms with E-state index < -0.39 is 23.4 Å². The van der Waals surface area contributed by atoms with E-state index in [-0.39, 0.29) is 23.5 Å². The van der Waals surface area contributed by atoms with E-state index in [4.69, 9.17) is 4.74 Å². The second kappa shape index (κ2) is 9.07. The minimum Gasteiger partial charge on any atom is -0.487 e. The predicted octanol–water partition coefficient (Wildman–Crippen LogP) is 4.71. The molecule has 0 aliphatic rings. The molecule has 0 fully saturated rings. The summed E-state index contributed by atoms with van der Waals surface area (Å²) >= 11 is 0. The first-order valence-corrected chi connectivity index (χ1v) is 10.0. The van der Waals surface area contributed by atoms with E-state index in [1.165, 1.54) is 13.0 Å². The fraction of sp³-hybridized carbons (Fsp3) is 0.125. The van der Waals surface area contributed by atoms with Crippen LogP contribution in [0.25, 0.3) is 5.65 Å². The maximum Gasteiger partial charge on any atom is 0.255 e. The number of hydrogen-bond donors (Lipinski definition) is 2. The molecule has 4 aromatic rings. The van der Waals surface area contributed by atoms with Crippen molar-refractivity contribution >= 4 is 28.8 Å². The number of nitrogens with one attached hydrogen (secondary N) is 2. The number of carbonyl (C=O) groups excluding carboxylic acids is 2. The third kappa shape index (κ3) is 5.15. The van der Waals surface area contributed by atoms with E-state index in [0.717, 1.165) is 29.0 Å². The number of amides is 2. The number of pyridine rings is 1. The molecule has 0 unspecified atom stereocenters. The third-order valence-electron chi connectivity index (χ3n) is 4.75. The van der Waals surface area contributed by atoms with Crippen molar-refractivity contribution < 1.29 is 23.1 Å². The van der Waals surface area contributed by atoms with Gasteiger partial charge in [0.25, 0.3) is 5.91 Å². The molecule has 2 N–H and O–H groups in total. The number of aromatic nitrogens is 2. The Morgan fingerprint density at radius 1 is 1.00 bits per heavy atom. The van der Waals surface area contributed by atoms with Gasteiger partial charge >= 0.3 is 0 Å². The smallest absolute Gasteiger partial charge is 0.255 e. The molecule has 0 atom stereocenters. The van der Waals surface area contributed by atoms with Crippen LogP contribution in [0.1, 0.15) is 28.5 Å². The summed E-state index contributed by atoms with van der Waals surface area (Å²) in [6.07, 6.45) is 3.83. The summed E-state index contributed by atoms with van der Waals surface area (Å²) in [4.78, 5) is 28.6. The highest BCUT2D eigenvalue weighted by atomic mass is 19.2. The average Bonchev–Trinajstić information content (AvgIpc) is 3.17. The fourth-order valence-corrected chi connectivity index (χ4v) is 3.25. The fourth-order valence-electron chi connectivity index (χ4n) is 3.25. The Hall–Kier alpha value is -4.27. The number of nitrogens with zero attached hydrogens (tertiary/aromatic N) is 2. The zero-order valence-corrected chi connectivity index (χ0v) is 17.9. The highest BCUT2D eigenvalue weighted by Crippen LogP contribution is 2.26. The first kappa shape index (κ1) is 21.9. The SMILES string of the molecule is CC(=O)Nc1cc(F)c(F)cc1NC(=O)c1cccc(OCc2cn3cc(C)ccc3n2)c1. The summed E-state index contributed by atoms with van der Waals surface area (Å²) in [5, 5.41) is 4.86. The van der Waals surface area contributed by atoms with Crippen molar-refractivity contribution in [2.45, 2.75) is 20.5 Å². The molecule has 9 heteroatoms. The molecule has 0 bridgehead atoms. The second-order valence-electron chi connectivity index (χ2n) is 7.47. The third-order valence-corrected chi connectivity index (χ3v) is 4.75. The van der Waals surface area contributed by atoms with Gasteiger partial charge < -0.3 is 19.8 Å². The van der Waals surface area contributed by atoms with Crippen LogP contribution >= 0.6 is 0 Å². The van der Waals surface area contributed by atoms with Crippen LogP contribution in [0.4, 0.5) is 20.2 Å². The molecule has 2 amide bonds. The van der Waals surface area contributed by atoms with Gasteiger partial charge in [0.2, 0.25) is 5.91 Å². The van der Waals surface area contributed by atoms with Crippen LogP contribution in [0.2, 0.25) is 0 Å². The van der Waals surface area contributed by atoms with Gasteiger partial charge in [0, 0.05) is 37.0 Å². The van der Waals surface area contributed by atoms with Gasteiger partial charge in [-0.15, -0.1) is 0 Å². The molecule has 0 aliphatic carbocycles. The maximum atomic E-state index is 13.7. The van der Waals surface area contributed by atoms with Crippen LogP contribution in [0.15, 0.2) is 60.9 Å².